The number of thioether (sulfide) groups is 1. The van der Waals surface area contributed by atoms with Gasteiger partial charge in [-0.25, -0.2) is 4.39 Å². The summed E-state index contributed by atoms with van der Waals surface area (Å²) in [6, 6.07) is 6.19. The number of nitrogens with zero attached hydrogens (tertiary/aromatic N) is 1. The van der Waals surface area contributed by atoms with Crippen LogP contribution in [-0.4, -0.2) is 28.2 Å². The summed E-state index contributed by atoms with van der Waals surface area (Å²) in [6.07, 6.45) is 0.501. The summed E-state index contributed by atoms with van der Waals surface area (Å²) in [5.41, 5.74) is 0.926. The number of hydrogen-bond donors (Lipinski definition) is 0. The molecule has 102 valence electrons. The molecule has 1 unspecified atom stereocenters. The second kappa shape index (κ2) is 6.19. The zero-order valence-electron chi connectivity index (χ0n) is 10.8. The van der Waals surface area contributed by atoms with Gasteiger partial charge < -0.3 is 4.90 Å². The Morgan fingerprint density at radius 3 is 2.74 bits per heavy atom. The molecule has 0 saturated carbocycles. The summed E-state index contributed by atoms with van der Waals surface area (Å²) in [4.78, 5) is 24.6. The lowest BCUT2D eigenvalue weighted by Gasteiger charge is -2.16. The van der Waals surface area contributed by atoms with Crippen molar-refractivity contribution in [1.29, 1.82) is 0 Å². The molecule has 1 heterocycles. The maximum Gasteiger partial charge on any atom is 0.223 e. The van der Waals surface area contributed by atoms with Crippen molar-refractivity contribution in [3.8, 4) is 0 Å². The monoisotopic (exact) mass is 281 g/mol. The quantitative estimate of drug-likeness (QED) is 0.850. The van der Waals surface area contributed by atoms with Crippen LogP contribution in [0.25, 0.3) is 0 Å². The van der Waals surface area contributed by atoms with Crippen molar-refractivity contribution in [2.45, 2.75) is 19.9 Å². The summed E-state index contributed by atoms with van der Waals surface area (Å²) in [5, 5.41) is 0.0874. The van der Waals surface area contributed by atoms with Gasteiger partial charge in [0.25, 0.3) is 0 Å². The van der Waals surface area contributed by atoms with E-state index >= 15 is 0 Å². The third-order valence-electron chi connectivity index (χ3n) is 3.10. The van der Waals surface area contributed by atoms with E-state index in [4.69, 9.17) is 0 Å². The largest absolute Gasteiger partial charge is 0.338 e. The maximum absolute atomic E-state index is 12.8. The normalized spacial score (nSPS) is 18.9. The van der Waals surface area contributed by atoms with Crippen molar-refractivity contribution in [3.63, 3.8) is 0 Å². The number of halogens is 1. The molecule has 0 aromatic heterocycles. The summed E-state index contributed by atoms with van der Waals surface area (Å²) < 4.78 is 12.8. The van der Waals surface area contributed by atoms with Gasteiger partial charge in [0, 0.05) is 32.2 Å². The summed E-state index contributed by atoms with van der Waals surface area (Å²) in [5.74, 6) is 0.772. The van der Waals surface area contributed by atoms with Crippen LogP contribution in [0.15, 0.2) is 24.3 Å². The molecule has 1 atom stereocenters. The molecule has 0 radical (unpaired) electrons. The number of hydrogen-bond acceptors (Lipinski definition) is 3. The van der Waals surface area contributed by atoms with Gasteiger partial charge >= 0.3 is 0 Å². The van der Waals surface area contributed by atoms with Crippen LogP contribution < -0.4 is 0 Å². The molecule has 1 amide bonds. The Hall–Kier alpha value is -1.36. The lowest BCUT2D eigenvalue weighted by molar-refractivity contribution is -0.128. The lowest BCUT2D eigenvalue weighted by Crippen LogP contribution is -2.24. The van der Waals surface area contributed by atoms with Crippen molar-refractivity contribution >= 4 is 22.8 Å². The first-order valence-corrected chi connectivity index (χ1v) is 7.18. The Kier molecular flexibility index (Phi) is 4.58. The average molecular weight is 281 g/mol. The first-order valence-electron chi connectivity index (χ1n) is 6.20. The highest BCUT2D eigenvalue weighted by molar-refractivity contribution is 8.13. The first-order chi connectivity index (χ1) is 9.04. The molecule has 0 spiro atoms. The van der Waals surface area contributed by atoms with Gasteiger partial charge in [0.15, 0.2) is 5.12 Å². The minimum absolute atomic E-state index is 0.0874. The number of benzene rings is 1. The molecule has 0 aliphatic carbocycles. The predicted molar refractivity (Wildman–Crippen MR) is 73.1 cm³/mol. The van der Waals surface area contributed by atoms with Crippen LogP contribution in [0, 0.1) is 11.7 Å². The summed E-state index contributed by atoms with van der Waals surface area (Å²) >= 11 is 1.27. The van der Waals surface area contributed by atoms with Crippen LogP contribution in [-0.2, 0) is 16.1 Å². The smallest absolute Gasteiger partial charge is 0.223 e. The van der Waals surface area contributed by atoms with Crippen LogP contribution in [0.5, 0.6) is 0 Å². The number of rotatable bonds is 4. The van der Waals surface area contributed by atoms with Crippen molar-refractivity contribution in [3.05, 3.63) is 35.6 Å². The summed E-state index contributed by atoms with van der Waals surface area (Å²) in [6.45, 7) is 2.73. The van der Waals surface area contributed by atoms with Crippen molar-refractivity contribution in [2.24, 2.45) is 5.92 Å². The standard InChI is InChI=1S/C14H16FNO2S/c1-10(17)19-9-12-6-14(18)16(8-12)7-11-2-4-13(15)5-3-11/h2-5,12H,6-9H2,1H3. The summed E-state index contributed by atoms with van der Waals surface area (Å²) in [7, 11) is 0. The number of carbonyl (C=O) groups is 2. The van der Waals surface area contributed by atoms with Gasteiger partial charge in [0.1, 0.15) is 5.82 Å². The molecule has 3 nitrogen and oxygen atoms in total. The van der Waals surface area contributed by atoms with E-state index in [1.54, 1.807) is 17.0 Å². The third kappa shape index (κ3) is 4.06. The molecule has 1 aliphatic heterocycles. The van der Waals surface area contributed by atoms with Crippen LogP contribution in [0.1, 0.15) is 18.9 Å². The highest BCUT2D eigenvalue weighted by atomic mass is 32.2. The maximum atomic E-state index is 12.8. The fraction of sp³-hybridized carbons (Fsp3) is 0.429. The highest BCUT2D eigenvalue weighted by Gasteiger charge is 2.29. The topological polar surface area (TPSA) is 37.4 Å². The Labute approximate surface area is 116 Å². The molecule has 19 heavy (non-hydrogen) atoms. The Morgan fingerprint density at radius 1 is 1.42 bits per heavy atom. The van der Waals surface area contributed by atoms with Gasteiger partial charge in [0.2, 0.25) is 5.91 Å². The molecule has 0 bridgehead atoms. The molecule has 1 aliphatic rings. The highest BCUT2D eigenvalue weighted by Crippen LogP contribution is 2.23. The van der Waals surface area contributed by atoms with Crippen molar-refractivity contribution < 1.29 is 14.0 Å². The van der Waals surface area contributed by atoms with E-state index < -0.39 is 0 Å². The molecule has 1 aromatic carbocycles. The fourth-order valence-electron chi connectivity index (χ4n) is 2.16. The number of amides is 1. The molecule has 2 rings (SSSR count). The van der Waals surface area contributed by atoms with Gasteiger partial charge in [-0.1, -0.05) is 23.9 Å². The van der Waals surface area contributed by atoms with Gasteiger partial charge in [-0.15, -0.1) is 0 Å². The van der Waals surface area contributed by atoms with Gasteiger partial charge in [0.05, 0.1) is 0 Å². The minimum Gasteiger partial charge on any atom is -0.338 e. The van der Waals surface area contributed by atoms with Gasteiger partial charge in [-0.2, -0.15) is 0 Å². The molecule has 0 N–H and O–H groups in total. The van der Waals surface area contributed by atoms with Crippen LogP contribution in [0.4, 0.5) is 4.39 Å². The Balaban J connectivity index is 1.89. The third-order valence-corrected chi connectivity index (χ3v) is 4.15. The first kappa shape index (κ1) is 14.1. The van der Waals surface area contributed by atoms with E-state index in [-0.39, 0.29) is 22.8 Å². The molecule has 1 aromatic rings. The minimum atomic E-state index is -0.271. The molecular formula is C14H16FNO2S. The second-order valence-electron chi connectivity index (χ2n) is 4.77. The molecule has 1 saturated heterocycles. The Morgan fingerprint density at radius 2 is 2.11 bits per heavy atom. The van der Waals surface area contributed by atoms with Crippen LogP contribution in [0.2, 0.25) is 0 Å². The predicted octanol–water partition coefficient (Wildman–Crippen LogP) is 2.45. The van der Waals surface area contributed by atoms with Crippen LogP contribution in [0.3, 0.4) is 0 Å². The van der Waals surface area contributed by atoms with E-state index in [1.165, 1.54) is 30.8 Å². The van der Waals surface area contributed by atoms with E-state index in [0.29, 0.717) is 25.3 Å². The SMILES string of the molecule is CC(=O)SCC1CC(=O)N(Cc2ccc(F)cc2)C1. The average Bonchev–Trinajstić information content (AvgIpc) is 2.71. The molecule has 1 fully saturated rings. The van der Waals surface area contributed by atoms with Crippen LogP contribution >= 0.6 is 11.8 Å². The molecular weight excluding hydrogens is 265 g/mol. The van der Waals surface area contributed by atoms with Crippen molar-refractivity contribution in [2.75, 3.05) is 12.3 Å². The van der Waals surface area contributed by atoms with E-state index in [2.05, 4.69) is 0 Å². The Bertz CT molecular complexity index is 475. The fourth-order valence-corrected chi connectivity index (χ4v) is 2.86. The second-order valence-corrected chi connectivity index (χ2v) is 5.97. The zero-order chi connectivity index (χ0) is 13.8. The van der Waals surface area contributed by atoms with Crippen molar-refractivity contribution in [1.82, 2.24) is 4.90 Å². The van der Waals surface area contributed by atoms with Gasteiger partial charge in [-0.05, 0) is 23.6 Å². The van der Waals surface area contributed by atoms with Gasteiger partial charge in [-0.3, -0.25) is 9.59 Å². The van der Waals surface area contributed by atoms with E-state index in [1.807, 2.05) is 0 Å². The van der Waals surface area contributed by atoms with E-state index in [0.717, 1.165) is 5.56 Å². The van der Waals surface area contributed by atoms with E-state index in [9.17, 15) is 14.0 Å². The number of carbonyl (C=O) groups excluding carboxylic acids is 2. The zero-order valence-corrected chi connectivity index (χ0v) is 11.6. The lowest BCUT2D eigenvalue weighted by atomic mass is 10.1. The molecule has 5 heteroatoms. The number of likely N-dealkylation sites (tertiary alicyclic amines) is 1.